The summed E-state index contributed by atoms with van der Waals surface area (Å²) in [6, 6.07) is 0. The molecular weight excluding hydrogens is 452 g/mol. The van der Waals surface area contributed by atoms with Crippen LogP contribution in [0.15, 0.2) is 0 Å². The first-order valence-electron chi connectivity index (χ1n) is 14.8. The molecule has 5 nitrogen and oxygen atoms in total. The Hall–Kier alpha value is -1.39. The molecule has 0 spiro atoms. The number of unbranched alkanes of at least 4 members (excludes halogenated alkanes) is 1. The molecule has 0 aromatic rings. The van der Waals surface area contributed by atoms with Gasteiger partial charge in [0.2, 0.25) is 0 Å². The smallest absolute Gasteiger partial charge is 0.302 e. The van der Waals surface area contributed by atoms with Gasteiger partial charge in [-0.25, -0.2) is 0 Å². The lowest BCUT2D eigenvalue weighted by Crippen LogP contribution is -2.63. The maximum atomic E-state index is 12.5. The van der Waals surface area contributed by atoms with E-state index in [9.17, 15) is 14.4 Å². The van der Waals surface area contributed by atoms with Gasteiger partial charge in [0.05, 0.1) is 0 Å². The van der Waals surface area contributed by atoms with Crippen LogP contribution in [0.3, 0.4) is 0 Å². The lowest BCUT2D eigenvalue weighted by Gasteiger charge is -2.65. The Bertz CT molecular complexity index is 824. The highest BCUT2D eigenvalue weighted by molar-refractivity contribution is 5.66. The van der Waals surface area contributed by atoms with Gasteiger partial charge < -0.3 is 14.3 Å². The molecule has 11 atom stereocenters. The van der Waals surface area contributed by atoms with Crippen LogP contribution in [0.4, 0.5) is 0 Å². The van der Waals surface area contributed by atoms with Crippen LogP contribution in [0.1, 0.15) is 112 Å². The molecular formula is C31H50O5. The van der Waals surface area contributed by atoms with E-state index in [1.165, 1.54) is 32.6 Å². The Balaban J connectivity index is 1.66. The molecule has 5 heteroatoms. The monoisotopic (exact) mass is 502 g/mol. The fraction of sp³-hybridized carbons (Fsp3) is 0.903. The zero-order valence-corrected chi connectivity index (χ0v) is 23.6. The molecule has 0 aromatic heterocycles. The largest absolute Gasteiger partial charge is 0.463 e. The van der Waals surface area contributed by atoms with E-state index in [0.29, 0.717) is 47.8 Å². The van der Waals surface area contributed by atoms with Gasteiger partial charge in [0, 0.05) is 26.2 Å². The average Bonchev–Trinajstić information content (AvgIpc) is 3.16. The van der Waals surface area contributed by atoms with Crippen molar-refractivity contribution in [2.45, 2.75) is 124 Å². The van der Waals surface area contributed by atoms with E-state index >= 15 is 0 Å². The van der Waals surface area contributed by atoms with Gasteiger partial charge in [-0.3, -0.25) is 9.59 Å². The van der Waals surface area contributed by atoms with Crippen molar-refractivity contribution in [3.63, 3.8) is 0 Å². The minimum atomic E-state index is -0.186. The molecule has 4 saturated carbocycles. The van der Waals surface area contributed by atoms with Crippen molar-refractivity contribution >= 4 is 18.2 Å². The van der Waals surface area contributed by atoms with Gasteiger partial charge in [0.25, 0.3) is 0 Å². The number of rotatable bonds is 8. The molecule has 204 valence electrons. The normalized spacial score (nSPS) is 44.5. The third-order valence-corrected chi connectivity index (χ3v) is 11.7. The van der Waals surface area contributed by atoms with Crippen molar-refractivity contribution in [3.8, 4) is 0 Å². The van der Waals surface area contributed by atoms with E-state index < -0.39 is 0 Å². The second kappa shape index (κ2) is 10.8. The van der Waals surface area contributed by atoms with Crippen LogP contribution in [0.25, 0.3) is 0 Å². The van der Waals surface area contributed by atoms with E-state index in [1.807, 2.05) is 0 Å². The molecule has 4 rings (SSSR count). The van der Waals surface area contributed by atoms with Gasteiger partial charge >= 0.3 is 11.9 Å². The van der Waals surface area contributed by atoms with Crippen molar-refractivity contribution in [3.05, 3.63) is 0 Å². The number of esters is 2. The molecule has 0 saturated heterocycles. The second-order valence-corrected chi connectivity index (χ2v) is 13.4. The summed E-state index contributed by atoms with van der Waals surface area (Å²) in [6.45, 7) is 12.8. The topological polar surface area (TPSA) is 69.7 Å². The van der Waals surface area contributed by atoms with Crippen LogP contribution in [0, 0.1) is 52.3 Å². The maximum absolute atomic E-state index is 12.5. The number of carbonyl (C=O) groups excluding carboxylic acids is 3. The summed E-state index contributed by atoms with van der Waals surface area (Å²) < 4.78 is 12.0. The van der Waals surface area contributed by atoms with Gasteiger partial charge in [-0.1, -0.05) is 34.1 Å². The SMILES string of the molecule is CC[C@H]1[C@@H](OC(C)=O)[C@@H]2[C@H](CC[C@]3(C)C([C@H](C)CCCC=O)CC[C@@H]23)[C@@]2(C)CC[C@@H](OC(C)=O)C[C@@H]12. The highest BCUT2D eigenvalue weighted by atomic mass is 16.5. The lowest BCUT2D eigenvalue weighted by molar-refractivity contribution is -0.219. The number of ether oxygens (including phenoxy) is 2. The minimum Gasteiger partial charge on any atom is -0.463 e. The van der Waals surface area contributed by atoms with Crippen molar-refractivity contribution in [2.75, 3.05) is 0 Å². The summed E-state index contributed by atoms with van der Waals surface area (Å²) in [4.78, 5) is 35.1. The summed E-state index contributed by atoms with van der Waals surface area (Å²) in [7, 11) is 0. The molecule has 0 radical (unpaired) electrons. The van der Waals surface area contributed by atoms with Crippen LogP contribution < -0.4 is 0 Å². The molecule has 0 aromatic carbocycles. The van der Waals surface area contributed by atoms with Crippen LogP contribution in [0.5, 0.6) is 0 Å². The van der Waals surface area contributed by atoms with Gasteiger partial charge in [-0.2, -0.15) is 0 Å². The summed E-state index contributed by atoms with van der Waals surface area (Å²) in [5.41, 5.74) is 0.476. The van der Waals surface area contributed by atoms with Crippen LogP contribution in [-0.2, 0) is 23.9 Å². The third kappa shape index (κ3) is 4.77. The Morgan fingerprint density at radius 3 is 2.25 bits per heavy atom. The average molecular weight is 503 g/mol. The van der Waals surface area contributed by atoms with Crippen molar-refractivity contribution in [1.29, 1.82) is 0 Å². The molecule has 0 amide bonds. The van der Waals surface area contributed by atoms with Crippen molar-refractivity contribution in [2.24, 2.45) is 52.3 Å². The maximum Gasteiger partial charge on any atom is 0.302 e. The molecule has 0 heterocycles. The Morgan fingerprint density at radius 1 is 0.944 bits per heavy atom. The van der Waals surface area contributed by atoms with Gasteiger partial charge in [0.1, 0.15) is 18.5 Å². The standard InChI is InChI=1S/C31H50O5/c1-7-23-27-18-22(35-20(3)33)13-15-31(27,6)26-14-16-30(5)24(19(2)10-8-9-17-32)11-12-25(30)28(26)29(23)36-21(4)34/h17,19,22-29H,7-16,18H2,1-6H3/t19-,22-,23-,24?,25+,26+,27+,28+,29-,30-,31-/m1/s1. The van der Waals surface area contributed by atoms with E-state index in [-0.39, 0.29) is 35.0 Å². The number of fused-ring (bicyclic) bond motifs is 5. The molecule has 1 unspecified atom stereocenters. The van der Waals surface area contributed by atoms with E-state index in [0.717, 1.165) is 44.8 Å². The lowest BCUT2D eigenvalue weighted by atomic mass is 9.41. The molecule has 36 heavy (non-hydrogen) atoms. The highest BCUT2D eigenvalue weighted by Gasteiger charge is 2.66. The zero-order chi connectivity index (χ0) is 26.3. The van der Waals surface area contributed by atoms with Crippen LogP contribution >= 0.6 is 0 Å². The summed E-state index contributed by atoms with van der Waals surface area (Å²) >= 11 is 0. The fourth-order valence-corrected chi connectivity index (χ4v) is 10.3. The van der Waals surface area contributed by atoms with E-state index in [4.69, 9.17) is 9.47 Å². The predicted molar refractivity (Wildman–Crippen MR) is 140 cm³/mol. The van der Waals surface area contributed by atoms with Crippen molar-refractivity contribution in [1.82, 2.24) is 0 Å². The summed E-state index contributed by atoms with van der Waals surface area (Å²) in [5.74, 6) is 3.23. The third-order valence-electron chi connectivity index (χ3n) is 11.7. The quantitative estimate of drug-likeness (QED) is 0.208. The Labute approximate surface area is 218 Å². The summed E-state index contributed by atoms with van der Waals surface area (Å²) in [5, 5.41) is 0. The zero-order valence-electron chi connectivity index (χ0n) is 23.6. The number of aldehydes is 1. The second-order valence-electron chi connectivity index (χ2n) is 13.4. The van der Waals surface area contributed by atoms with Gasteiger partial charge in [-0.05, 0) is 104 Å². The van der Waals surface area contributed by atoms with Crippen LogP contribution in [0.2, 0.25) is 0 Å². The van der Waals surface area contributed by atoms with Gasteiger partial charge in [0.15, 0.2) is 0 Å². The van der Waals surface area contributed by atoms with E-state index in [2.05, 4.69) is 27.7 Å². The first kappa shape index (κ1) is 27.6. The first-order chi connectivity index (χ1) is 17.1. The molecule has 4 aliphatic carbocycles. The molecule has 4 fully saturated rings. The number of carbonyl (C=O) groups is 3. The Kier molecular flexibility index (Phi) is 8.27. The summed E-state index contributed by atoms with van der Waals surface area (Å²) in [6.07, 6.45) is 12.7. The molecule has 0 N–H and O–H groups in total. The predicted octanol–water partition coefficient (Wildman–Crippen LogP) is 6.76. The van der Waals surface area contributed by atoms with Crippen molar-refractivity contribution < 1.29 is 23.9 Å². The van der Waals surface area contributed by atoms with Crippen LogP contribution in [-0.4, -0.2) is 30.4 Å². The number of hydrogen-bond acceptors (Lipinski definition) is 5. The molecule has 0 aliphatic heterocycles. The highest BCUT2D eigenvalue weighted by Crippen LogP contribution is 2.70. The van der Waals surface area contributed by atoms with E-state index in [1.54, 1.807) is 6.92 Å². The van der Waals surface area contributed by atoms with Gasteiger partial charge in [-0.15, -0.1) is 0 Å². The fourth-order valence-electron chi connectivity index (χ4n) is 10.3. The molecule has 4 aliphatic rings. The number of hydrogen-bond donors (Lipinski definition) is 0. The Morgan fingerprint density at radius 2 is 1.61 bits per heavy atom. The first-order valence-corrected chi connectivity index (χ1v) is 14.8. The molecule has 0 bridgehead atoms. The minimum absolute atomic E-state index is 0.0129.